The first-order valence-corrected chi connectivity index (χ1v) is 21.3. The normalized spacial score (nSPS) is 16.4. The van der Waals surface area contributed by atoms with Crippen molar-refractivity contribution in [1.82, 2.24) is 30.3 Å². The number of fused-ring (bicyclic) bond motifs is 1. The highest BCUT2D eigenvalue weighted by atomic mass is 16.5. The summed E-state index contributed by atoms with van der Waals surface area (Å²) in [4.78, 5) is 86.0. The monoisotopic (exact) mass is 831 g/mol. The number of carbonyl (C=O) groups excluding carboxylic acids is 6. The molecule has 2 fully saturated rings. The van der Waals surface area contributed by atoms with Crippen molar-refractivity contribution >= 4 is 52.5 Å². The van der Waals surface area contributed by atoms with Gasteiger partial charge in [-0.1, -0.05) is 57.1 Å². The van der Waals surface area contributed by atoms with Gasteiger partial charge in [0.25, 0.3) is 17.7 Å². The van der Waals surface area contributed by atoms with Gasteiger partial charge in [-0.05, 0) is 61.7 Å². The summed E-state index contributed by atoms with van der Waals surface area (Å²) >= 11 is 0. The SMILES string of the molecule is COc1cc(N2CCN(C(=O)CCCCCCCCCCCNc3cccc4c3C(=O)N(C3CCC(=O)NC3=O)C4=O)CC2)ccc1NC(=O)c1cccc(-c2ccn[nH]2)n1. The number of aromatic nitrogens is 3. The second-order valence-electron chi connectivity index (χ2n) is 15.6. The van der Waals surface area contributed by atoms with Crippen LogP contribution < -0.4 is 25.6 Å². The second kappa shape index (κ2) is 20.1. The maximum atomic E-state index is 13.3. The van der Waals surface area contributed by atoms with E-state index < -0.39 is 29.7 Å². The summed E-state index contributed by atoms with van der Waals surface area (Å²) in [5, 5.41) is 15.3. The molecule has 0 radical (unpaired) electrons. The maximum absolute atomic E-state index is 13.3. The minimum Gasteiger partial charge on any atom is -0.494 e. The number of aromatic amines is 1. The number of imide groups is 2. The van der Waals surface area contributed by atoms with E-state index in [1.807, 2.05) is 29.2 Å². The van der Waals surface area contributed by atoms with Crippen LogP contribution in [0.1, 0.15) is 108 Å². The fourth-order valence-electron chi connectivity index (χ4n) is 8.17. The molecule has 0 spiro atoms. The van der Waals surface area contributed by atoms with Gasteiger partial charge in [-0.2, -0.15) is 5.10 Å². The van der Waals surface area contributed by atoms with Gasteiger partial charge < -0.3 is 25.2 Å². The number of hydrogen-bond donors (Lipinski definition) is 4. The number of ether oxygens (including phenoxy) is 1. The molecular formula is C45H53N9O7. The first kappa shape index (κ1) is 42.5. The number of methoxy groups -OCH3 is 1. The molecule has 0 bridgehead atoms. The number of hydrogen-bond acceptors (Lipinski definition) is 11. The van der Waals surface area contributed by atoms with Crippen molar-refractivity contribution in [2.75, 3.05) is 55.4 Å². The van der Waals surface area contributed by atoms with Crippen molar-refractivity contribution < 1.29 is 33.5 Å². The number of rotatable bonds is 19. The molecule has 6 amide bonds. The molecule has 2 aromatic carbocycles. The molecule has 3 aliphatic rings. The lowest BCUT2D eigenvalue weighted by Crippen LogP contribution is -2.54. The highest BCUT2D eigenvalue weighted by molar-refractivity contribution is 6.25. The number of carbonyl (C=O) groups is 6. The number of nitrogens with zero attached hydrogens (tertiary/aromatic N) is 5. The number of benzene rings is 2. The Kier molecular flexibility index (Phi) is 14.0. The van der Waals surface area contributed by atoms with E-state index in [9.17, 15) is 28.8 Å². The minimum atomic E-state index is -0.981. The largest absolute Gasteiger partial charge is 0.494 e. The van der Waals surface area contributed by atoms with Gasteiger partial charge in [0.2, 0.25) is 17.7 Å². The minimum absolute atomic E-state index is 0.0859. The Hall–Kier alpha value is -6.58. The highest BCUT2D eigenvalue weighted by Crippen LogP contribution is 2.33. The average molecular weight is 832 g/mol. The Labute approximate surface area is 354 Å². The molecule has 1 unspecified atom stereocenters. The third kappa shape index (κ3) is 10.2. The van der Waals surface area contributed by atoms with Crippen molar-refractivity contribution in [2.24, 2.45) is 0 Å². The smallest absolute Gasteiger partial charge is 0.274 e. The van der Waals surface area contributed by atoms with Gasteiger partial charge in [0.05, 0.1) is 35.3 Å². The van der Waals surface area contributed by atoms with Crippen LogP contribution in [0.25, 0.3) is 11.4 Å². The Morgan fingerprint density at radius 2 is 1.56 bits per heavy atom. The number of nitrogens with one attached hydrogen (secondary N) is 4. The van der Waals surface area contributed by atoms with Crippen LogP contribution in [0.3, 0.4) is 0 Å². The lowest BCUT2D eigenvalue weighted by molar-refractivity contribution is -0.136. The van der Waals surface area contributed by atoms with Crippen LogP contribution in [0, 0.1) is 0 Å². The van der Waals surface area contributed by atoms with Gasteiger partial charge in [0.1, 0.15) is 17.5 Å². The molecule has 2 saturated heterocycles. The fraction of sp³-hybridized carbons (Fsp3) is 0.422. The van der Waals surface area contributed by atoms with Gasteiger partial charge in [-0.15, -0.1) is 0 Å². The molecular weight excluding hydrogens is 779 g/mol. The topological polar surface area (TPSA) is 199 Å². The van der Waals surface area contributed by atoms with Crippen molar-refractivity contribution in [2.45, 2.75) is 83.1 Å². The number of H-pyrrole nitrogens is 1. The summed E-state index contributed by atoms with van der Waals surface area (Å²) < 4.78 is 5.64. The molecule has 61 heavy (non-hydrogen) atoms. The molecule has 0 saturated carbocycles. The summed E-state index contributed by atoms with van der Waals surface area (Å²) in [5.74, 6) is -1.63. The van der Waals surface area contributed by atoms with Gasteiger partial charge in [-0.3, -0.25) is 44.1 Å². The highest BCUT2D eigenvalue weighted by Gasteiger charge is 2.45. The van der Waals surface area contributed by atoms with Gasteiger partial charge in [0.15, 0.2) is 0 Å². The fourth-order valence-corrected chi connectivity index (χ4v) is 8.17. The van der Waals surface area contributed by atoms with Crippen LogP contribution in [0.5, 0.6) is 5.75 Å². The van der Waals surface area contributed by atoms with Crippen LogP contribution in [-0.2, 0) is 14.4 Å². The average Bonchev–Trinajstić information content (AvgIpc) is 3.91. The van der Waals surface area contributed by atoms with E-state index in [-0.39, 0.29) is 41.5 Å². The summed E-state index contributed by atoms with van der Waals surface area (Å²) in [5.41, 5.74) is 4.27. The van der Waals surface area contributed by atoms with Crippen LogP contribution >= 0.6 is 0 Å². The van der Waals surface area contributed by atoms with Crippen LogP contribution in [-0.4, -0.2) is 106 Å². The van der Waals surface area contributed by atoms with E-state index in [2.05, 4.69) is 36.0 Å². The lowest BCUT2D eigenvalue weighted by Gasteiger charge is -2.36. The summed E-state index contributed by atoms with van der Waals surface area (Å²) in [6, 6.07) is 16.9. The number of unbranched alkanes of at least 4 members (excludes halogenated alkanes) is 8. The Morgan fingerprint density at radius 3 is 2.28 bits per heavy atom. The van der Waals surface area contributed by atoms with Crippen molar-refractivity contribution in [3.63, 3.8) is 0 Å². The zero-order valence-electron chi connectivity index (χ0n) is 34.5. The van der Waals surface area contributed by atoms with Gasteiger partial charge >= 0.3 is 0 Å². The van der Waals surface area contributed by atoms with Crippen LogP contribution in [0.15, 0.2) is 66.9 Å². The zero-order valence-corrected chi connectivity index (χ0v) is 34.5. The number of pyridine rings is 1. The van der Waals surface area contributed by atoms with Crippen molar-refractivity contribution in [3.05, 3.63) is 83.7 Å². The number of amides is 6. The van der Waals surface area contributed by atoms with E-state index in [0.717, 1.165) is 74.1 Å². The number of piperazine rings is 1. The van der Waals surface area contributed by atoms with E-state index >= 15 is 0 Å². The Bertz CT molecular complexity index is 2240. The third-order valence-electron chi connectivity index (χ3n) is 11.5. The van der Waals surface area contributed by atoms with E-state index in [1.165, 1.54) is 0 Å². The molecule has 5 heterocycles. The molecule has 3 aliphatic heterocycles. The molecule has 0 aliphatic carbocycles. The maximum Gasteiger partial charge on any atom is 0.274 e. The van der Waals surface area contributed by atoms with E-state index in [0.29, 0.717) is 62.0 Å². The Balaban J connectivity index is 0.736. The molecule has 4 aromatic rings. The molecule has 1 atom stereocenters. The Morgan fingerprint density at radius 1 is 0.820 bits per heavy atom. The summed E-state index contributed by atoms with van der Waals surface area (Å²) in [6.07, 6.45) is 11.9. The predicted octanol–water partition coefficient (Wildman–Crippen LogP) is 5.80. The van der Waals surface area contributed by atoms with Crippen molar-refractivity contribution in [3.8, 4) is 17.1 Å². The first-order chi connectivity index (χ1) is 29.7. The zero-order chi connectivity index (χ0) is 42.7. The standard InChI is InChI=1S/C45H53N9O7/c1-61-38-29-30(18-19-34(38)49-42(57)36-16-12-14-32(48-36)33-22-24-47-51-33)52-25-27-53(28-26-52)40(56)17-9-7-5-3-2-4-6-8-10-23-46-35-15-11-13-31-41(35)45(60)54(44(31)59)37-20-21-39(55)50-43(37)58/h11-16,18-19,22,24,29,37,46H,2-10,17,20-21,23,25-28H2,1H3,(H,47,51)(H,49,57)(H,50,55,58). The lowest BCUT2D eigenvalue weighted by atomic mass is 10.0. The number of piperidine rings is 1. The van der Waals surface area contributed by atoms with Crippen LogP contribution in [0.2, 0.25) is 0 Å². The molecule has 320 valence electrons. The first-order valence-electron chi connectivity index (χ1n) is 21.3. The number of anilines is 3. The summed E-state index contributed by atoms with van der Waals surface area (Å²) in [6.45, 7) is 3.39. The van der Waals surface area contributed by atoms with Gasteiger partial charge in [0, 0.05) is 69.2 Å². The molecule has 16 nitrogen and oxygen atoms in total. The molecule has 2 aromatic heterocycles. The van der Waals surface area contributed by atoms with Crippen LogP contribution in [0.4, 0.5) is 17.1 Å². The van der Waals surface area contributed by atoms with Crippen molar-refractivity contribution in [1.29, 1.82) is 0 Å². The molecule has 16 heteroatoms. The molecule has 7 rings (SSSR count). The quantitative estimate of drug-likeness (QED) is 0.0659. The van der Waals surface area contributed by atoms with E-state index in [1.54, 1.807) is 49.7 Å². The second-order valence-corrected chi connectivity index (χ2v) is 15.6. The van der Waals surface area contributed by atoms with E-state index in [4.69, 9.17) is 4.74 Å². The predicted molar refractivity (Wildman–Crippen MR) is 229 cm³/mol. The summed E-state index contributed by atoms with van der Waals surface area (Å²) in [7, 11) is 1.57. The van der Waals surface area contributed by atoms with Gasteiger partial charge in [-0.25, -0.2) is 4.98 Å². The molecule has 4 N–H and O–H groups in total. The third-order valence-corrected chi connectivity index (χ3v) is 11.5.